The van der Waals surface area contributed by atoms with E-state index in [1.54, 1.807) is 0 Å². The first-order valence-electron chi connectivity index (χ1n) is 3.81. The van der Waals surface area contributed by atoms with Crippen LogP contribution >= 0.6 is 0 Å². The quantitative estimate of drug-likeness (QED) is 0.697. The van der Waals surface area contributed by atoms with Crippen molar-refractivity contribution in [3.8, 4) is 11.5 Å². The highest BCUT2D eigenvalue weighted by Crippen LogP contribution is 2.21. The molecule has 1 rings (SSSR count). The fourth-order valence-corrected chi connectivity index (χ4v) is 0.839. The molecule has 0 aliphatic rings. The van der Waals surface area contributed by atoms with Crippen LogP contribution < -0.4 is 10.2 Å². The third-order valence-electron chi connectivity index (χ3n) is 1.39. The number of hydrogen-bond acceptors (Lipinski definition) is 4. The predicted molar refractivity (Wildman–Crippen MR) is 47.0 cm³/mol. The van der Waals surface area contributed by atoms with Crippen molar-refractivity contribution in [3.63, 3.8) is 0 Å². The molecule has 0 amide bonds. The zero-order valence-electron chi connectivity index (χ0n) is 6.93. The minimum atomic E-state index is -0.256. The molecule has 0 unspecified atom stereocenters. The second-order valence-electron chi connectivity index (χ2n) is 2.39. The van der Waals surface area contributed by atoms with Crippen molar-refractivity contribution in [1.29, 1.82) is 0 Å². The van der Waals surface area contributed by atoms with Gasteiger partial charge in [-0.2, -0.15) is 0 Å². The first-order valence-corrected chi connectivity index (χ1v) is 3.81. The molecule has 0 aliphatic heterocycles. The van der Waals surface area contributed by atoms with Crippen LogP contribution in [0.2, 0.25) is 0 Å². The summed E-state index contributed by atoms with van der Waals surface area (Å²) >= 11 is 0. The number of aliphatic hydroxyl groups is 1. The Labute approximate surface area is 75.0 Å². The van der Waals surface area contributed by atoms with E-state index in [2.05, 4.69) is 0 Å². The highest BCUT2D eigenvalue weighted by Gasteiger charge is 1.99. The first kappa shape index (κ1) is 9.54. The third-order valence-corrected chi connectivity index (χ3v) is 1.39. The zero-order valence-corrected chi connectivity index (χ0v) is 6.93. The van der Waals surface area contributed by atoms with Crippen LogP contribution in [0.3, 0.4) is 0 Å². The molecule has 4 heteroatoms. The summed E-state index contributed by atoms with van der Waals surface area (Å²) < 4.78 is 4.93. The zero-order chi connectivity index (χ0) is 9.68. The van der Waals surface area contributed by atoms with Crippen LogP contribution in [0.5, 0.6) is 11.5 Å². The van der Waals surface area contributed by atoms with Crippen LogP contribution in [0.1, 0.15) is 0 Å². The van der Waals surface area contributed by atoms with Gasteiger partial charge in [0.2, 0.25) is 0 Å². The molecule has 4 nitrogen and oxygen atoms in total. The molecule has 70 valence electrons. The van der Waals surface area contributed by atoms with Gasteiger partial charge < -0.3 is 14.9 Å². The molecule has 0 spiro atoms. The third kappa shape index (κ3) is 2.76. The lowest BCUT2D eigenvalue weighted by atomic mass is 10.4. The summed E-state index contributed by atoms with van der Waals surface area (Å²) in [5.74, 6) is -0.0281. The van der Waals surface area contributed by atoms with Gasteiger partial charge in [-0.25, -0.2) is 0 Å². The number of aromatic hydroxyl groups is 1. The first-order chi connectivity index (χ1) is 6.24. The molecule has 1 aromatic rings. The second-order valence-corrected chi connectivity index (χ2v) is 2.39. The molecule has 0 aliphatic carbocycles. The van der Waals surface area contributed by atoms with Crippen molar-refractivity contribution in [3.05, 3.63) is 34.5 Å². The highest BCUT2D eigenvalue weighted by atomic mass is 16.5. The van der Waals surface area contributed by atoms with Crippen LogP contribution in [-0.2, 0) is 0 Å². The van der Waals surface area contributed by atoms with Gasteiger partial charge in [0, 0.05) is 6.07 Å². The van der Waals surface area contributed by atoms with E-state index in [0.29, 0.717) is 0 Å². The van der Waals surface area contributed by atoms with Crippen molar-refractivity contribution < 1.29 is 14.9 Å². The lowest BCUT2D eigenvalue weighted by molar-refractivity contribution is 0.197. The number of aliphatic hydroxyl groups excluding tert-OH is 1. The molecule has 0 saturated carbocycles. The topological polar surface area (TPSA) is 66.8 Å². The molecular weight excluding hydrogens is 172 g/mol. The number of ether oxygens (including phenoxy) is 1. The molecule has 0 saturated heterocycles. The smallest absolute Gasteiger partial charge is 0.182 e. The van der Waals surface area contributed by atoms with Gasteiger partial charge >= 0.3 is 0 Å². The van der Waals surface area contributed by atoms with E-state index in [0.717, 1.165) is 0 Å². The number of rotatable bonds is 3. The second kappa shape index (κ2) is 4.47. The predicted octanol–water partition coefficient (Wildman–Crippen LogP) is 0.123. The standard InChI is InChI=1S/C9H10O4/c10-4-5-13-9-6-7(11)2-1-3-8(9)12/h1-3,6,10,12H,4-5H2. The van der Waals surface area contributed by atoms with Gasteiger partial charge in [-0.15, -0.1) is 0 Å². The van der Waals surface area contributed by atoms with Crippen LogP contribution in [0.4, 0.5) is 0 Å². The van der Waals surface area contributed by atoms with Gasteiger partial charge in [0.15, 0.2) is 16.9 Å². The molecule has 13 heavy (non-hydrogen) atoms. The van der Waals surface area contributed by atoms with Gasteiger partial charge in [-0.1, -0.05) is 6.07 Å². The molecular formula is C9H10O4. The van der Waals surface area contributed by atoms with Crippen LogP contribution in [0, 0.1) is 0 Å². The molecule has 0 fully saturated rings. The summed E-state index contributed by atoms with van der Waals surface area (Å²) in [4.78, 5) is 11.0. The minimum Gasteiger partial charge on any atom is -0.504 e. The van der Waals surface area contributed by atoms with E-state index in [1.807, 2.05) is 0 Å². The SMILES string of the molecule is O=c1cccc(O)c(OCCO)c1. The van der Waals surface area contributed by atoms with Crippen LogP contribution in [0.15, 0.2) is 29.1 Å². The van der Waals surface area contributed by atoms with Crippen molar-refractivity contribution in [1.82, 2.24) is 0 Å². The molecule has 0 heterocycles. The summed E-state index contributed by atoms with van der Waals surface area (Å²) in [6, 6.07) is 5.27. The maximum atomic E-state index is 11.0. The summed E-state index contributed by atoms with van der Waals surface area (Å²) in [6.07, 6.45) is 0. The minimum absolute atomic E-state index is 0.0526. The monoisotopic (exact) mass is 182 g/mol. The Bertz CT molecular complexity index is 335. The van der Waals surface area contributed by atoms with Gasteiger partial charge in [0.25, 0.3) is 0 Å². The Kier molecular flexibility index (Phi) is 3.28. The van der Waals surface area contributed by atoms with Crippen molar-refractivity contribution in [2.45, 2.75) is 0 Å². The van der Waals surface area contributed by atoms with E-state index in [9.17, 15) is 9.90 Å². The Morgan fingerprint density at radius 2 is 2.15 bits per heavy atom. The van der Waals surface area contributed by atoms with Crippen molar-refractivity contribution in [2.24, 2.45) is 0 Å². The van der Waals surface area contributed by atoms with E-state index in [1.165, 1.54) is 24.3 Å². The Balaban J connectivity index is 2.99. The molecule has 2 N–H and O–H groups in total. The summed E-state index contributed by atoms with van der Waals surface area (Å²) in [5, 5.41) is 17.7. The fraction of sp³-hybridized carbons (Fsp3) is 0.222. The summed E-state index contributed by atoms with van der Waals surface area (Å²) in [5.41, 5.74) is -0.256. The van der Waals surface area contributed by atoms with Gasteiger partial charge in [0.05, 0.1) is 6.61 Å². The maximum Gasteiger partial charge on any atom is 0.182 e. The fourth-order valence-electron chi connectivity index (χ4n) is 0.839. The molecule has 0 aromatic heterocycles. The summed E-state index contributed by atoms with van der Waals surface area (Å²) in [6.45, 7) is -0.108. The maximum absolute atomic E-state index is 11.0. The van der Waals surface area contributed by atoms with Gasteiger partial charge in [-0.05, 0) is 12.1 Å². The Morgan fingerprint density at radius 1 is 1.38 bits per heavy atom. The molecule has 0 bridgehead atoms. The normalized spacial score (nSPS) is 9.62. The number of hydrogen-bond donors (Lipinski definition) is 2. The lowest BCUT2D eigenvalue weighted by Crippen LogP contribution is -2.02. The molecule has 0 radical (unpaired) electrons. The van der Waals surface area contributed by atoms with E-state index in [-0.39, 0.29) is 30.1 Å². The van der Waals surface area contributed by atoms with E-state index >= 15 is 0 Å². The van der Waals surface area contributed by atoms with Crippen LogP contribution in [0.25, 0.3) is 0 Å². The summed E-state index contributed by atoms with van der Waals surface area (Å²) in [7, 11) is 0. The highest BCUT2D eigenvalue weighted by molar-refractivity contribution is 5.36. The van der Waals surface area contributed by atoms with Crippen molar-refractivity contribution >= 4 is 0 Å². The largest absolute Gasteiger partial charge is 0.504 e. The van der Waals surface area contributed by atoms with Crippen LogP contribution in [-0.4, -0.2) is 23.4 Å². The van der Waals surface area contributed by atoms with E-state index in [4.69, 9.17) is 9.84 Å². The Hall–Kier alpha value is -1.55. The van der Waals surface area contributed by atoms with Gasteiger partial charge in [0.1, 0.15) is 6.61 Å². The molecule has 0 atom stereocenters. The average molecular weight is 182 g/mol. The van der Waals surface area contributed by atoms with Crippen molar-refractivity contribution in [2.75, 3.05) is 13.2 Å². The molecule has 1 aromatic carbocycles. The Morgan fingerprint density at radius 3 is 2.85 bits per heavy atom. The van der Waals surface area contributed by atoms with Gasteiger partial charge in [-0.3, -0.25) is 4.79 Å². The lowest BCUT2D eigenvalue weighted by Gasteiger charge is -2.02. The average Bonchev–Trinajstić information content (AvgIpc) is 2.25. The van der Waals surface area contributed by atoms with E-state index < -0.39 is 0 Å².